The van der Waals surface area contributed by atoms with E-state index in [0.717, 1.165) is 31.4 Å². The van der Waals surface area contributed by atoms with Gasteiger partial charge < -0.3 is 0 Å². The van der Waals surface area contributed by atoms with Gasteiger partial charge in [0.1, 0.15) is 0 Å². The van der Waals surface area contributed by atoms with E-state index in [4.69, 9.17) is 0 Å². The summed E-state index contributed by atoms with van der Waals surface area (Å²) in [5.41, 5.74) is -0.958. The van der Waals surface area contributed by atoms with Crippen LogP contribution in [-0.4, -0.2) is 14.5 Å². The first-order valence-corrected chi connectivity index (χ1v) is 7.86. The summed E-state index contributed by atoms with van der Waals surface area (Å²) in [6.45, 7) is 2.03. The topological polar surface area (TPSA) is 46.2 Å². The first-order valence-electron chi connectivity index (χ1n) is 6.38. The highest BCUT2D eigenvalue weighted by Gasteiger charge is 2.32. The Balaban J connectivity index is 2.21. The molecule has 1 aromatic rings. The molecule has 1 saturated carbocycles. The van der Waals surface area contributed by atoms with Gasteiger partial charge in [0.2, 0.25) is 10.0 Å². The van der Waals surface area contributed by atoms with E-state index < -0.39 is 21.8 Å². The Morgan fingerprint density at radius 1 is 1.25 bits per heavy atom. The Morgan fingerprint density at radius 2 is 1.95 bits per heavy atom. The normalized spacial score (nSPS) is 24.0. The zero-order chi connectivity index (χ0) is 15.0. The molecule has 2 unspecified atom stereocenters. The lowest BCUT2D eigenvalue weighted by molar-refractivity contribution is -0.137. The largest absolute Gasteiger partial charge is 0.416 e. The predicted octanol–water partition coefficient (Wildman–Crippen LogP) is 3.17. The van der Waals surface area contributed by atoms with Crippen molar-refractivity contribution in [2.24, 2.45) is 5.92 Å². The second-order valence-electron chi connectivity index (χ2n) is 5.26. The Kier molecular flexibility index (Phi) is 4.11. The lowest BCUT2D eigenvalue weighted by Gasteiger charge is -2.14. The smallest absolute Gasteiger partial charge is 0.208 e. The van der Waals surface area contributed by atoms with E-state index in [2.05, 4.69) is 4.72 Å². The molecule has 1 fully saturated rings. The molecule has 0 bridgehead atoms. The van der Waals surface area contributed by atoms with Crippen molar-refractivity contribution >= 4 is 10.0 Å². The average Bonchev–Trinajstić information content (AvgIpc) is 2.73. The Bertz CT molecular complexity index is 584. The highest BCUT2D eigenvalue weighted by atomic mass is 32.2. The van der Waals surface area contributed by atoms with Crippen molar-refractivity contribution in [1.29, 1.82) is 0 Å². The molecule has 3 nitrogen and oxygen atoms in total. The van der Waals surface area contributed by atoms with Crippen molar-refractivity contribution in [3.8, 4) is 0 Å². The van der Waals surface area contributed by atoms with Gasteiger partial charge in [0.15, 0.2) is 0 Å². The number of halogens is 3. The Hall–Kier alpha value is -1.08. The first kappa shape index (κ1) is 15.3. The number of alkyl halides is 3. The fourth-order valence-corrected chi connectivity index (χ4v) is 3.77. The fourth-order valence-electron chi connectivity index (χ4n) is 2.44. The van der Waals surface area contributed by atoms with Gasteiger partial charge in [0.05, 0.1) is 10.5 Å². The summed E-state index contributed by atoms with van der Waals surface area (Å²) in [5, 5.41) is 0. The molecule has 0 aromatic heterocycles. The van der Waals surface area contributed by atoms with Gasteiger partial charge in [0.25, 0.3) is 0 Å². The molecule has 112 valence electrons. The summed E-state index contributed by atoms with van der Waals surface area (Å²) < 4.78 is 64.5. The van der Waals surface area contributed by atoms with Crippen LogP contribution in [0.25, 0.3) is 0 Å². The van der Waals surface area contributed by atoms with Gasteiger partial charge >= 0.3 is 6.18 Å². The third-order valence-corrected chi connectivity index (χ3v) is 5.01. The van der Waals surface area contributed by atoms with Gasteiger partial charge in [-0.2, -0.15) is 13.2 Å². The predicted molar refractivity (Wildman–Crippen MR) is 68.6 cm³/mol. The van der Waals surface area contributed by atoms with Crippen LogP contribution < -0.4 is 4.72 Å². The Morgan fingerprint density at radius 3 is 2.50 bits per heavy atom. The number of nitrogens with one attached hydrogen (secondary N) is 1. The summed E-state index contributed by atoms with van der Waals surface area (Å²) in [7, 11) is -3.90. The molecule has 1 N–H and O–H groups in total. The summed E-state index contributed by atoms with van der Waals surface area (Å²) in [6.07, 6.45) is -2.18. The van der Waals surface area contributed by atoms with E-state index in [0.29, 0.717) is 12.0 Å². The summed E-state index contributed by atoms with van der Waals surface area (Å²) in [4.78, 5) is -0.341. The maximum atomic E-state index is 12.6. The molecule has 0 aliphatic heterocycles. The first-order chi connectivity index (χ1) is 9.18. The quantitative estimate of drug-likeness (QED) is 0.932. The molecule has 7 heteroatoms. The van der Waals surface area contributed by atoms with Gasteiger partial charge in [-0.3, -0.25) is 0 Å². The van der Waals surface area contributed by atoms with Crippen molar-refractivity contribution in [2.75, 3.05) is 0 Å². The molecule has 0 radical (unpaired) electrons. The maximum Gasteiger partial charge on any atom is 0.416 e. The number of rotatable bonds is 3. The van der Waals surface area contributed by atoms with Crippen LogP contribution in [0.1, 0.15) is 31.7 Å². The summed E-state index contributed by atoms with van der Waals surface area (Å²) >= 11 is 0. The standard InChI is InChI=1S/C13H16F3NO2S/c1-9-5-6-11(7-9)17-20(18,19)12-4-2-3-10(8-12)13(14,15)16/h2-4,8-9,11,17H,5-7H2,1H3. The molecule has 2 atom stereocenters. The molecule has 0 spiro atoms. The number of benzene rings is 1. The molecule has 1 aliphatic carbocycles. The second-order valence-corrected chi connectivity index (χ2v) is 6.98. The average molecular weight is 307 g/mol. The highest BCUT2D eigenvalue weighted by molar-refractivity contribution is 7.89. The number of hydrogen-bond acceptors (Lipinski definition) is 2. The van der Waals surface area contributed by atoms with Crippen molar-refractivity contribution in [1.82, 2.24) is 4.72 Å². The molecule has 1 aliphatic rings. The van der Waals surface area contributed by atoms with Crippen LogP contribution in [0.5, 0.6) is 0 Å². The van der Waals surface area contributed by atoms with Crippen molar-refractivity contribution < 1.29 is 21.6 Å². The molecular formula is C13H16F3NO2S. The molecule has 20 heavy (non-hydrogen) atoms. The van der Waals surface area contributed by atoms with Crippen LogP contribution >= 0.6 is 0 Å². The lowest BCUT2D eigenvalue weighted by Crippen LogP contribution is -2.33. The van der Waals surface area contributed by atoms with Gasteiger partial charge in [-0.1, -0.05) is 13.0 Å². The third-order valence-electron chi connectivity index (χ3n) is 3.49. The maximum absolute atomic E-state index is 12.6. The van der Waals surface area contributed by atoms with E-state index in [1.807, 2.05) is 6.92 Å². The highest BCUT2D eigenvalue weighted by Crippen LogP contribution is 2.31. The van der Waals surface area contributed by atoms with E-state index >= 15 is 0 Å². The Labute approximate surface area is 116 Å². The van der Waals surface area contributed by atoms with Gasteiger partial charge in [-0.15, -0.1) is 0 Å². The van der Waals surface area contributed by atoms with Crippen LogP contribution in [0.2, 0.25) is 0 Å². The van der Waals surface area contributed by atoms with Gasteiger partial charge in [-0.25, -0.2) is 13.1 Å². The monoisotopic (exact) mass is 307 g/mol. The summed E-state index contributed by atoms with van der Waals surface area (Å²) in [6, 6.07) is 3.62. The molecule has 0 amide bonds. The van der Waals surface area contributed by atoms with Crippen LogP contribution in [0.4, 0.5) is 13.2 Å². The number of hydrogen-bond donors (Lipinski definition) is 1. The van der Waals surface area contributed by atoms with Crippen molar-refractivity contribution in [2.45, 2.75) is 43.3 Å². The second kappa shape index (κ2) is 5.37. The lowest BCUT2D eigenvalue weighted by atomic mass is 10.1. The van der Waals surface area contributed by atoms with E-state index in [-0.39, 0.29) is 10.9 Å². The SMILES string of the molecule is CC1CCC(NS(=O)(=O)c2cccc(C(F)(F)F)c2)C1. The third kappa shape index (κ3) is 3.52. The van der Waals surface area contributed by atoms with Crippen LogP contribution in [-0.2, 0) is 16.2 Å². The molecule has 0 heterocycles. The van der Waals surface area contributed by atoms with Crippen LogP contribution in [0.15, 0.2) is 29.2 Å². The zero-order valence-corrected chi connectivity index (χ0v) is 11.8. The van der Waals surface area contributed by atoms with Gasteiger partial charge in [-0.05, 0) is 43.4 Å². The van der Waals surface area contributed by atoms with Crippen LogP contribution in [0.3, 0.4) is 0 Å². The van der Waals surface area contributed by atoms with E-state index in [1.165, 1.54) is 6.07 Å². The summed E-state index contributed by atoms with van der Waals surface area (Å²) in [5.74, 6) is 0.434. The number of sulfonamides is 1. The minimum atomic E-state index is -4.55. The molecule has 2 rings (SSSR count). The van der Waals surface area contributed by atoms with Crippen molar-refractivity contribution in [3.05, 3.63) is 29.8 Å². The molecular weight excluding hydrogens is 291 g/mol. The molecule has 0 saturated heterocycles. The van der Waals surface area contributed by atoms with E-state index in [1.54, 1.807) is 0 Å². The van der Waals surface area contributed by atoms with E-state index in [9.17, 15) is 21.6 Å². The van der Waals surface area contributed by atoms with Gasteiger partial charge in [0, 0.05) is 6.04 Å². The fraction of sp³-hybridized carbons (Fsp3) is 0.538. The minimum absolute atomic E-state index is 0.190. The zero-order valence-electron chi connectivity index (χ0n) is 10.9. The van der Waals surface area contributed by atoms with Crippen molar-refractivity contribution in [3.63, 3.8) is 0 Å². The minimum Gasteiger partial charge on any atom is -0.208 e. The van der Waals surface area contributed by atoms with Crippen LogP contribution in [0, 0.1) is 5.92 Å². The molecule has 1 aromatic carbocycles.